The summed E-state index contributed by atoms with van der Waals surface area (Å²) in [6.07, 6.45) is 0. The highest BCUT2D eigenvalue weighted by Crippen LogP contribution is 2.35. The minimum atomic E-state index is -4.24. The van der Waals surface area contributed by atoms with E-state index in [1.54, 1.807) is 31.2 Å². The Hall–Kier alpha value is -3.08. The number of rotatable bonds is 11. The van der Waals surface area contributed by atoms with Gasteiger partial charge < -0.3 is 15.0 Å². The Labute approximate surface area is 243 Å². The quantitative estimate of drug-likeness (QED) is 0.310. The first-order valence-corrected chi connectivity index (χ1v) is 14.8. The Morgan fingerprint density at radius 3 is 2.31 bits per heavy atom. The van der Waals surface area contributed by atoms with Crippen LogP contribution in [-0.2, 0) is 26.2 Å². The zero-order valence-corrected chi connectivity index (χ0v) is 25.3. The number of nitrogens with one attached hydrogen (secondary N) is 1. The monoisotopic (exact) mass is 635 g/mol. The number of carbonyl (C=O) groups is 2. The fourth-order valence-corrected chi connectivity index (χ4v) is 5.96. The van der Waals surface area contributed by atoms with Gasteiger partial charge in [-0.05, 0) is 68.8 Å². The number of halogens is 2. The van der Waals surface area contributed by atoms with Crippen LogP contribution in [0.1, 0.15) is 26.3 Å². The minimum absolute atomic E-state index is 0.0102. The number of ether oxygens (including phenoxy) is 1. The Balaban J connectivity index is 2.09. The number of hydrogen-bond donors (Lipinski definition) is 1. The van der Waals surface area contributed by atoms with Crippen molar-refractivity contribution in [2.45, 2.75) is 44.3 Å². The second-order valence-corrected chi connectivity index (χ2v) is 12.3. The molecule has 1 unspecified atom stereocenters. The Kier molecular flexibility index (Phi) is 10.4. The van der Waals surface area contributed by atoms with Crippen molar-refractivity contribution in [2.24, 2.45) is 0 Å². The van der Waals surface area contributed by atoms with Gasteiger partial charge in [0.15, 0.2) is 0 Å². The first-order valence-electron chi connectivity index (χ1n) is 12.2. The van der Waals surface area contributed by atoms with Crippen molar-refractivity contribution >= 4 is 55.1 Å². The van der Waals surface area contributed by atoms with Crippen molar-refractivity contribution in [1.29, 1.82) is 0 Å². The molecule has 3 aromatic carbocycles. The Morgan fingerprint density at radius 2 is 1.69 bits per heavy atom. The molecule has 0 aliphatic heterocycles. The second-order valence-electron chi connectivity index (χ2n) is 9.13. The topological polar surface area (TPSA) is 96.0 Å². The number of carbonyl (C=O) groups excluding carboxylic acids is 2. The van der Waals surface area contributed by atoms with Gasteiger partial charge in [-0.3, -0.25) is 13.9 Å². The molecule has 0 aliphatic carbocycles. The summed E-state index contributed by atoms with van der Waals surface area (Å²) in [5, 5.41) is 3.10. The molecule has 3 aromatic rings. The molecule has 0 saturated heterocycles. The summed E-state index contributed by atoms with van der Waals surface area (Å²) < 4.78 is 35.0. The van der Waals surface area contributed by atoms with E-state index in [4.69, 9.17) is 16.3 Å². The van der Waals surface area contributed by atoms with Crippen molar-refractivity contribution in [3.63, 3.8) is 0 Å². The third-order valence-corrected chi connectivity index (χ3v) is 8.36. The van der Waals surface area contributed by atoms with E-state index in [1.165, 1.54) is 36.3 Å². The molecular weight excluding hydrogens is 606 g/mol. The van der Waals surface area contributed by atoms with Crippen LogP contribution < -0.4 is 14.4 Å². The minimum Gasteiger partial charge on any atom is -0.495 e. The molecule has 0 radical (unpaired) electrons. The lowest BCUT2D eigenvalue weighted by atomic mass is 10.1. The van der Waals surface area contributed by atoms with Gasteiger partial charge in [0.05, 0.1) is 17.7 Å². The van der Waals surface area contributed by atoms with E-state index in [9.17, 15) is 18.0 Å². The van der Waals surface area contributed by atoms with Crippen LogP contribution in [0.25, 0.3) is 0 Å². The smallest absolute Gasteiger partial charge is 0.264 e. The predicted octanol–water partition coefficient (Wildman–Crippen LogP) is 5.25. The fourth-order valence-electron chi connectivity index (χ4n) is 3.91. The number of hydrogen-bond acceptors (Lipinski definition) is 5. The fraction of sp³-hybridized carbons (Fsp3) is 0.286. The number of nitrogens with zero attached hydrogens (tertiary/aromatic N) is 2. The van der Waals surface area contributed by atoms with Gasteiger partial charge in [0.2, 0.25) is 11.8 Å². The summed E-state index contributed by atoms with van der Waals surface area (Å²) in [5.41, 5.74) is 0.864. The summed E-state index contributed by atoms with van der Waals surface area (Å²) in [7, 11) is -2.83. The first-order chi connectivity index (χ1) is 18.4. The lowest BCUT2D eigenvalue weighted by Gasteiger charge is -2.32. The maximum atomic E-state index is 14.0. The van der Waals surface area contributed by atoms with Crippen molar-refractivity contribution in [1.82, 2.24) is 10.2 Å². The van der Waals surface area contributed by atoms with Gasteiger partial charge in [-0.1, -0.05) is 57.9 Å². The van der Waals surface area contributed by atoms with E-state index in [0.29, 0.717) is 0 Å². The van der Waals surface area contributed by atoms with Crippen LogP contribution in [0.4, 0.5) is 5.69 Å². The van der Waals surface area contributed by atoms with Crippen LogP contribution in [0.15, 0.2) is 82.2 Å². The van der Waals surface area contributed by atoms with Crippen molar-refractivity contribution in [3.8, 4) is 5.75 Å². The molecule has 3 rings (SSSR count). The average molecular weight is 637 g/mol. The summed E-state index contributed by atoms with van der Waals surface area (Å²) in [4.78, 5) is 28.3. The van der Waals surface area contributed by atoms with E-state index in [1.807, 2.05) is 38.1 Å². The number of sulfonamides is 1. The largest absolute Gasteiger partial charge is 0.495 e. The highest BCUT2D eigenvalue weighted by atomic mass is 79.9. The lowest BCUT2D eigenvalue weighted by Crippen LogP contribution is -2.52. The predicted molar refractivity (Wildman–Crippen MR) is 156 cm³/mol. The number of amides is 2. The van der Waals surface area contributed by atoms with Crippen LogP contribution in [0.3, 0.4) is 0 Å². The van der Waals surface area contributed by atoms with Crippen molar-refractivity contribution < 1.29 is 22.7 Å². The Morgan fingerprint density at radius 1 is 1.00 bits per heavy atom. The van der Waals surface area contributed by atoms with Gasteiger partial charge in [-0.15, -0.1) is 0 Å². The molecule has 39 heavy (non-hydrogen) atoms. The summed E-state index contributed by atoms with van der Waals surface area (Å²) in [6, 6.07) is 18.6. The molecule has 2 amide bonds. The standard InChI is InChI=1S/C28H31BrClN3O5S/c1-19(2)31-28(35)20(3)32(17-21-9-8-10-22(29)15-21)27(34)18-33(25-16-23(30)13-14-26(25)38-4)39(36,37)24-11-6-5-7-12-24/h5-16,19-20H,17-18H2,1-4H3,(H,31,35). The molecule has 0 aromatic heterocycles. The van der Waals surface area contributed by atoms with E-state index < -0.39 is 28.5 Å². The van der Waals surface area contributed by atoms with Gasteiger partial charge >= 0.3 is 0 Å². The third kappa shape index (κ3) is 7.74. The van der Waals surface area contributed by atoms with E-state index >= 15 is 0 Å². The average Bonchev–Trinajstić information content (AvgIpc) is 2.90. The number of methoxy groups -OCH3 is 1. The zero-order chi connectivity index (χ0) is 28.7. The van der Waals surface area contributed by atoms with Crippen molar-refractivity contribution in [2.75, 3.05) is 18.0 Å². The molecule has 0 heterocycles. The van der Waals surface area contributed by atoms with E-state index in [-0.39, 0.29) is 39.8 Å². The first kappa shape index (κ1) is 30.5. The molecule has 1 N–H and O–H groups in total. The SMILES string of the molecule is COc1ccc(Cl)cc1N(CC(=O)N(Cc1cccc(Br)c1)C(C)C(=O)NC(C)C)S(=O)(=O)c1ccccc1. The van der Waals surface area contributed by atoms with Crippen LogP contribution in [0.2, 0.25) is 5.02 Å². The van der Waals surface area contributed by atoms with E-state index in [0.717, 1.165) is 14.3 Å². The van der Waals surface area contributed by atoms with E-state index in [2.05, 4.69) is 21.2 Å². The summed E-state index contributed by atoms with van der Waals surface area (Å²) in [5.74, 6) is -0.718. The van der Waals surface area contributed by atoms with Gasteiger partial charge in [-0.25, -0.2) is 8.42 Å². The molecule has 0 fully saturated rings. The Bertz CT molecular complexity index is 1420. The van der Waals surface area contributed by atoms with Crippen LogP contribution in [-0.4, -0.2) is 50.9 Å². The molecule has 1 atom stereocenters. The van der Waals surface area contributed by atoms with Crippen LogP contribution in [0, 0.1) is 0 Å². The second kappa shape index (κ2) is 13.3. The van der Waals surface area contributed by atoms with Crippen LogP contribution in [0.5, 0.6) is 5.75 Å². The van der Waals surface area contributed by atoms with Crippen molar-refractivity contribution in [3.05, 3.63) is 87.9 Å². The molecule has 8 nitrogen and oxygen atoms in total. The highest BCUT2D eigenvalue weighted by Gasteiger charge is 2.34. The maximum absolute atomic E-state index is 14.0. The molecule has 208 valence electrons. The number of anilines is 1. The highest BCUT2D eigenvalue weighted by molar-refractivity contribution is 9.10. The molecule has 0 bridgehead atoms. The van der Waals surface area contributed by atoms with Gasteiger partial charge in [0, 0.05) is 22.1 Å². The molecule has 0 aliphatic rings. The maximum Gasteiger partial charge on any atom is 0.264 e. The van der Waals surface area contributed by atoms with Gasteiger partial charge in [-0.2, -0.15) is 0 Å². The summed E-state index contributed by atoms with van der Waals surface area (Å²) in [6.45, 7) is 4.75. The zero-order valence-electron chi connectivity index (χ0n) is 22.1. The molecular formula is C28H31BrClN3O5S. The van der Waals surface area contributed by atoms with Gasteiger partial charge in [0.25, 0.3) is 10.0 Å². The van der Waals surface area contributed by atoms with Gasteiger partial charge in [0.1, 0.15) is 18.3 Å². The molecule has 11 heteroatoms. The van der Waals surface area contributed by atoms with Crippen LogP contribution >= 0.6 is 27.5 Å². The molecule has 0 saturated carbocycles. The summed E-state index contributed by atoms with van der Waals surface area (Å²) >= 11 is 9.68. The number of benzene rings is 3. The third-order valence-electron chi connectivity index (χ3n) is 5.86. The lowest BCUT2D eigenvalue weighted by molar-refractivity contribution is -0.139. The molecule has 0 spiro atoms. The normalized spacial score (nSPS) is 12.1.